The number of hydrogen-bond acceptors (Lipinski definition) is 5. The predicted octanol–water partition coefficient (Wildman–Crippen LogP) is 2.71. The number of alkyl halides is 1. The molecule has 20 heavy (non-hydrogen) atoms. The molecule has 1 aromatic rings. The first-order valence-electron chi connectivity index (χ1n) is 5.49. The highest BCUT2D eigenvalue weighted by Gasteiger charge is 2.29. The van der Waals surface area contributed by atoms with Crippen LogP contribution in [0.25, 0.3) is 0 Å². The minimum absolute atomic E-state index is 0.0274. The number of nitro benzene ring substituents is 2. The summed E-state index contributed by atoms with van der Waals surface area (Å²) in [4.78, 5) is 31.9. The summed E-state index contributed by atoms with van der Waals surface area (Å²) in [5.41, 5.74) is -2.00. The van der Waals surface area contributed by atoms with Crippen LogP contribution in [0.2, 0.25) is 0 Å². The van der Waals surface area contributed by atoms with Gasteiger partial charge in [-0.25, -0.2) is 0 Å². The van der Waals surface area contributed by atoms with Gasteiger partial charge in [0.25, 0.3) is 11.4 Å². The fourth-order valence-electron chi connectivity index (χ4n) is 1.24. The number of nitrogens with zero attached hydrogens (tertiary/aromatic N) is 2. The predicted molar refractivity (Wildman–Crippen MR) is 72.9 cm³/mol. The van der Waals surface area contributed by atoms with E-state index in [2.05, 4.69) is 5.32 Å². The zero-order valence-corrected chi connectivity index (χ0v) is 11.5. The number of nitro groups is 2. The lowest BCUT2D eigenvalue weighted by Crippen LogP contribution is -2.32. The number of carbonyl (C=O) groups excluding carboxylic acids is 1. The van der Waals surface area contributed by atoms with Crippen molar-refractivity contribution in [2.24, 2.45) is 5.41 Å². The van der Waals surface area contributed by atoms with Gasteiger partial charge in [0.1, 0.15) is 5.69 Å². The Morgan fingerprint density at radius 3 is 2.35 bits per heavy atom. The van der Waals surface area contributed by atoms with E-state index in [1.807, 2.05) is 0 Å². The van der Waals surface area contributed by atoms with Crippen molar-refractivity contribution in [2.45, 2.75) is 13.8 Å². The van der Waals surface area contributed by atoms with Gasteiger partial charge in [-0.05, 0) is 19.9 Å². The Balaban J connectivity index is 3.16. The SMILES string of the molecule is CC(C)(CCl)C(=O)Nc1ccc([N+](=O)[O-])cc1[N+](=O)[O-]. The molecular weight excluding hydrogens is 290 g/mol. The van der Waals surface area contributed by atoms with Crippen molar-refractivity contribution in [3.05, 3.63) is 38.4 Å². The fraction of sp³-hybridized carbons (Fsp3) is 0.364. The van der Waals surface area contributed by atoms with E-state index in [1.54, 1.807) is 13.8 Å². The normalized spacial score (nSPS) is 10.9. The van der Waals surface area contributed by atoms with Crippen LogP contribution in [0, 0.1) is 25.6 Å². The van der Waals surface area contributed by atoms with Crippen molar-refractivity contribution in [1.82, 2.24) is 0 Å². The summed E-state index contributed by atoms with van der Waals surface area (Å²) in [6, 6.07) is 3.00. The van der Waals surface area contributed by atoms with Crippen LogP contribution in [-0.2, 0) is 4.79 Å². The van der Waals surface area contributed by atoms with Crippen molar-refractivity contribution >= 4 is 34.6 Å². The second kappa shape index (κ2) is 5.83. The molecule has 9 heteroatoms. The Kier molecular flexibility index (Phi) is 4.61. The van der Waals surface area contributed by atoms with Gasteiger partial charge in [0.2, 0.25) is 5.91 Å². The van der Waals surface area contributed by atoms with Crippen LogP contribution >= 0.6 is 11.6 Å². The smallest absolute Gasteiger partial charge is 0.299 e. The quantitative estimate of drug-likeness (QED) is 0.510. The first-order chi connectivity index (χ1) is 9.19. The van der Waals surface area contributed by atoms with Crippen LogP contribution in [0.5, 0.6) is 0 Å². The number of nitrogens with one attached hydrogen (secondary N) is 1. The first kappa shape index (κ1) is 15.8. The molecule has 1 N–H and O–H groups in total. The minimum Gasteiger partial charge on any atom is -0.320 e. The van der Waals surface area contributed by atoms with Gasteiger partial charge in [0.15, 0.2) is 0 Å². The van der Waals surface area contributed by atoms with Gasteiger partial charge in [-0.3, -0.25) is 25.0 Å². The zero-order valence-electron chi connectivity index (χ0n) is 10.8. The van der Waals surface area contributed by atoms with Crippen LogP contribution in [0.3, 0.4) is 0 Å². The fourth-order valence-corrected chi connectivity index (χ4v) is 1.36. The van der Waals surface area contributed by atoms with E-state index in [4.69, 9.17) is 11.6 Å². The molecule has 0 radical (unpaired) electrons. The Bertz CT molecular complexity index is 573. The van der Waals surface area contributed by atoms with Gasteiger partial charge in [-0.2, -0.15) is 0 Å². The van der Waals surface area contributed by atoms with Crippen molar-refractivity contribution in [3.63, 3.8) is 0 Å². The average molecular weight is 302 g/mol. The van der Waals surface area contributed by atoms with Crippen LogP contribution in [0.1, 0.15) is 13.8 Å². The molecule has 0 heterocycles. The van der Waals surface area contributed by atoms with E-state index < -0.39 is 32.5 Å². The number of rotatable bonds is 5. The largest absolute Gasteiger partial charge is 0.320 e. The number of amides is 1. The summed E-state index contributed by atoms with van der Waals surface area (Å²) in [5.74, 6) is -0.482. The van der Waals surface area contributed by atoms with Gasteiger partial charge >= 0.3 is 0 Å². The standard InChI is InChI=1S/C11H12ClN3O5/c1-11(2,6-12)10(16)13-8-4-3-7(14(17)18)5-9(8)15(19)20/h3-5H,6H2,1-2H3,(H,13,16). The average Bonchev–Trinajstić information content (AvgIpc) is 2.38. The van der Waals surface area contributed by atoms with Crippen molar-refractivity contribution in [2.75, 3.05) is 11.2 Å². The summed E-state index contributed by atoms with van der Waals surface area (Å²) in [7, 11) is 0. The summed E-state index contributed by atoms with van der Waals surface area (Å²) >= 11 is 5.64. The zero-order chi connectivity index (χ0) is 15.5. The molecule has 0 unspecified atom stereocenters. The third-order valence-corrected chi connectivity index (χ3v) is 3.25. The number of anilines is 1. The molecule has 0 aliphatic rings. The number of benzene rings is 1. The summed E-state index contributed by atoms with van der Waals surface area (Å²) < 4.78 is 0. The van der Waals surface area contributed by atoms with Crippen LogP contribution in [0.4, 0.5) is 17.1 Å². The van der Waals surface area contributed by atoms with Gasteiger partial charge in [0.05, 0.1) is 21.3 Å². The van der Waals surface area contributed by atoms with E-state index in [-0.39, 0.29) is 11.6 Å². The van der Waals surface area contributed by atoms with Crippen molar-refractivity contribution in [3.8, 4) is 0 Å². The monoisotopic (exact) mass is 301 g/mol. The molecule has 8 nitrogen and oxygen atoms in total. The van der Waals surface area contributed by atoms with Crippen molar-refractivity contribution in [1.29, 1.82) is 0 Å². The Labute approximate surface area is 119 Å². The van der Waals surface area contributed by atoms with E-state index in [1.165, 1.54) is 0 Å². The first-order valence-corrected chi connectivity index (χ1v) is 6.03. The van der Waals surface area contributed by atoms with E-state index in [0.717, 1.165) is 18.2 Å². The molecule has 0 aromatic heterocycles. The maximum absolute atomic E-state index is 11.9. The summed E-state index contributed by atoms with van der Waals surface area (Å²) in [6.45, 7) is 3.15. The molecule has 0 saturated carbocycles. The summed E-state index contributed by atoms with van der Waals surface area (Å²) in [6.07, 6.45) is 0. The van der Waals surface area contributed by atoms with Gasteiger partial charge in [-0.1, -0.05) is 0 Å². The molecule has 0 aliphatic heterocycles. The molecule has 1 aromatic carbocycles. The highest BCUT2D eigenvalue weighted by atomic mass is 35.5. The lowest BCUT2D eigenvalue weighted by atomic mass is 9.95. The van der Waals surface area contributed by atoms with Gasteiger partial charge in [-0.15, -0.1) is 11.6 Å². The third kappa shape index (κ3) is 3.41. The Morgan fingerprint density at radius 2 is 1.90 bits per heavy atom. The topological polar surface area (TPSA) is 115 Å². The second-order valence-electron chi connectivity index (χ2n) is 4.69. The molecule has 0 fully saturated rings. The summed E-state index contributed by atoms with van der Waals surface area (Å²) in [5, 5.41) is 23.9. The minimum atomic E-state index is -0.919. The molecule has 0 aliphatic carbocycles. The molecule has 108 valence electrons. The second-order valence-corrected chi connectivity index (χ2v) is 4.95. The molecule has 0 saturated heterocycles. The maximum Gasteiger partial charge on any atom is 0.299 e. The Hall–Kier alpha value is -2.22. The molecular formula is C11H12ClN3O5. The molecule has 0 atom stereocenters. The lowest BCUT2D eigenvalue weighted by molar-refractivity contribution is -0.393. The number of hydrogen-bond donors (Lipinski definition) is 1. The highest BCUT2D eigenvalue weighted by Crippen LogP contribution is 2.30. The maximum atomic E-state index is 11.9. The number of non-ortho nitro benzene ring substituents is 1. The molecule has 1 rings (SSSR count). The van der Waals surface area contributed by atoms with Gasteiger partial charge in [0, 0.05) is 11.9 Å². The van der Waals surface area contributed by atoms with Crippen LogP contribution in [0.15, 0.2) is 18.2 Å². The van der Waals surface area contributed by atoms with Crippen LogP contribution in [-0.4, -0.2) is 21.6 Å². The number of halogens is 1. The van der Waals surface area contributed by atoms with E-state index in [9.17, 15) is 25.0 Å². The van der Waals surface area contributed by atoms with Crippen molar-refractivity contribution < 1.29 is 14.6 Å². The van der Waals surface area contributed by atoms with Crippen LogP contribution < -0.4 is 5.32 Å². The lowest BCUT2D eigenvalue weighted by Gasteiger charge is -2.20. The van der Waals surface area contributed by atoms with E-state index >= 15 is 0 Å². The molecule has 0 spiro atoms. The highest BCUT2D eigenvalue weighted by molar-refractivity contribution is 6.20. The van der Waals surface area contributed by atoms with Gasteiger partial charge < -0.3 is 5.32 Å². The van der Waals surface area contributed by atoms with E-state index in [0.29, 0.717) is 0 Å². The third-order valence-electron chi connectivity index (χ3n) is 2.59. The number of carbonyl (C=O) groups is 1. The molecule has 1 amide bonds. The Morgan fingerprint density at radius 1 is 1.30 bits per heavy atom. The molecule has 0 bridgehead atoms.